The zero-order chi connectivity index (χ0) is 23.4. The van der Waals surface area contributed by atoms with Gasteiger partial charge in [-0.15, -0.1) is 0 Å². The van der Waals surface area contributed by atoms with Crippen molar-refractivity contribution >= 4 is 23.6 Å². The van der Waals surface area contributed by atoms with E-state index in [9.17, 15) is 28.2 Å². The predicted octanol–water partition coefficient (Wildman–Crippen LogP) is 5.57. The lowest BCUT2D eigenvalue weighted by atomic mass is 10.1. The summed E-state index contributed by atoms with van der Waals surface area (Å²) in [6, 6.07) is 5.15. The van der Waals surface area contributed by atoms with Crippen LogP contribution in [-0.4, -0.2) is 33.4 Å². The molecule has 0 saturated heterocycles. The maximum atomic E-state index is 12.8. The van der Waals surface area contributed by atoms with Gasteiger partial charge in [0.2, 0.25) is 5.88 Å². The van der Waals surface area contributed by atoms with E-state index in [-0.39, 0.29) is 41.0 Å². The Bertz CT molecular complexity index is 984. The number of pyridine rings is 1. The van der Waals surface area contributed by atoms with Gasteiger partial charge in [0.05, 0.1) is 11.2 Å². The van der Waals surface area contributed by atoms with Crippen molar-refractivity contribution in [1.82, 2.24) is 4.98 Å². The van der Waals surface area contributed by atoms with E-state index >= 15 is 0 Å². The SMILES string of the molecule is CCC(=Cc1ccc(OCC(C)(C)O)cc1Oc1ncc(C(F)(F)F)cc1Cl)C(=O)O. The highest BCUT2D eigenvalue weighted by atomic mass is 35.5. The number of carbonyl (C=O) groups is 1. The lowest BCUT2D eigenvalue weighted by Crippen LogP contribution is -2.27. The minimum Gasteiger partial charge on any atom is -0.490 e. The summed E-state index contributed by atoms with van der Waals surface area (Å²) in [5.74, 6) is -1.07. The van der Waals surface area contributed by atoms with Crippen molar-refractivity contribution in [2.45, 2.75) is 39.0 Å². The molecule has 1 heterocycles. The fraction of sp³-hybridized carbons (Fsp3) is 0.333. The molecule has 0 aliphatic carbocycles. The molecule has 0 amide bonds. The van der Waals surface area contributed by atoms with Crippen molar-refractivity contribution in [3.05, 3.63) is 52.2 Å². The summed E-state index contributed by atoms with van der Waals surface area (Å²) in [7, 11) is 0. The molecule has 0 aliphatic rings. The summed E-state index contributed by atoms with van der Waals surface area (Å²) in [6.45, 7) is 4.72. The fourth-order valence-corrected chi connectivity index (χ4v) is 2.54. The van der Waals surface area contributed by atoms with Gasteiger partial charge in [-0.3, -0.25) is 0 Å². The van der Waals surface area contributed by atoms with Gasteiger partial charge in [-0.2, -0.15) is 13.2 Å². The Balaban J connectivity index is 2.47. The first-order chi connectivity index (χ1) is 14.3. The number of benzene rings is 1. The van der Waals surface area contributed by atoms with Gasteiger partial charge >= 0.3 is 12.1 Å². The molecule has 0 atom stereocenters. The van der Waals surface area contributed by atoms with Crippen LogP contribution >= 0.6 is 11.6 Å². The molecule has 0 fully saturated rings. The van der Waals surface area contributed by atoms with Crippen molar-refractivity contribution in [3.8, 4) is 17.4 Å². The summed E-state index contributed by atoms with van der Waals surface area (Å²) < 4.78 is 49.7. The topological polar surface area (TPSA) is 88.9 Å². The quantitative estimate of drug-likeness (QED) is 0.501. The predicted molar refractivity (Wildman–Crippen MR) is 108 cm³/mol. The molecule has 0 unspecified atom stereocenters. The summed E-state index contributed by atoms with van der Waals surface area (Å²) in [6.07, 6.45) is -2.44. The standard InChI is InChI=1S/C21H21ClF3NO5/c1-4-12(19(27)28)7-13-5-6-15(30-11-20(2,3)29)9-17(13)31-18-16(22)8-14(10-26-18)21(23,24)25/h5-10,29H,4,11H2,1-3H3,(H,27,28). The molecule has 2 aromatic rings. The van der Waals surface area contributed by atoms with Gasteiger partial charge < -0.3 is 19.7 Å². The first-order valence-electron chi connectivity index (χ1n) is 9.14. The van der Waals surface area contributed by atoms with Crippen LogP contribution in [0.2, 0.25) is 5.02 Å². The molecule has 0 aliphatic heterocycles. The van der Waals surface area contributed by atoms with Crippen molar-refractivity contribution in [2.24, 2.45) is 0 Å². The van der Waals surface area contributed by atoms with Crippen LogP contribution in [-0.2, 0) is 11.0 Å². The first-order valence-corrected chi connectivity index (χ1v) is 9.51. The third kappa shape index (κ3) is 7.15. The van der Waals surface area contributed by atoms with Crippen LogP contribution in [0, 0.1) is 0 Å². The van der Waals surface area contributed by atoms with Gasteiger partial charge in [-0.25, -0.2) is 9.78 Å². The van der Waals surface area contributed by atoms with Crippen LogP contribution in [0.15, 0.2) is 36.0 Å². The normalized spacial score (nSPS) is 12.6. The molecule has 1 aromatic carbocycles. The lowest BCUT2D eigenvalue weighted by molar-refractivity contribution is -0.138. The van der Waals surface area contributed by atoms with Gasteiger partial charge in [0, 0.05) is 23.4 Å². The number of ether oxygens (including phenoxy) is 2. The van der Waals surface area contributed by atoms with Gasteiger partial charge in [-0.05, 0) is 44.5 Å². The molecule has 0 bridgehead atoms. The average molecular weight is 460 g/mol. The first kappa shape index (κ1) is 24.5. The highest BCUT2D eigenvalue weighted by Gasteiger charge is 2.32. The summed E-state index contributed by atoms with van der Waals surface area (Å²) in [5.41, 5.74) is -1.74. The van der Waals surface area contributed by atoms with E-state index in [1.54, 1.807) is 26.8 Å². The van der Waals surface area contributed by atoms with Crippen LogP contribution < -0.4 is 9.47 Å². The van der Waals surface area contributed by atoms with Gasteiger partial charge in [-0.1, -0.05) is 18.5 Å². The smallest absolute Gasteiger partial charge is 0.417 e. The van der Waals surface area contributed by atoms with Crippen LogP contribution in [0.1, 0.15) is 38.3 Å². The van der Waals surface area contributed by atoms with Gasteiger partial charge in [0.1, 0.15) is 23.1 Å². The Morgan fingerprint density at radius 3 is 2.45 bits per heavy atom. The van der Waals surface area contributed by atoms with Crippen LogP contribution in [0.25, 0.3) is 6.08 Å². The van der Waals surface area contributed by atoms with Crippen molar-refractivity contribution in [1.29, 1.82) is 0 Å². The van der Waals surface area contributed by atoms with Crippen LogP contribution in [0.3, 0.4) is 0 Å². The van der Waals surface area contributed by atoms with E-state index in [4.69, 9.17) is 21.1 Å². The number of hydrogen-bond donors (Lipinski definition) is 2. The highest BCUT2D eigenvalue weighted by Crippen LogP contribution is 2.37. The second-order valence-electron chi connectivity index (χ2n) is 7.24. The zero-order valence-electron chi connectivity index (χ0n) is 17.0. The maximum absolute atomic E-state index is 12.8. The Morgan fingerprint density at radius 1 is 1.26 bits per heavy atom. The monoisotopic (exact) mass is 459 g/mol. The number of aliphatic carboxylic acids is 1. The van der Waals surface area contributed by atoms with E-state index in [0.717, 1.165) is 0 Å². The third-order valence-corrected chi connectivity index (χ3v) is 4.17. The molecule has 2 N–H and O–H groups in total. The molecule has 0 saturated carbocycles. The number of aliphatic hydroxyl groups is 1. The summed E-state index contributed by atoms with van der Waals surface area (Å²) in [5, 5.41) is 18.7. The second-order valence-corrected chi connectivity index (χ2v) is 7.65. The molecular weight excluding hydrogens is 439 g/mol. The van der Waals surface area contributed by atoms with Crippen LogP contribution in [0.5, 0.6) is 17.4 Å². The minimum atomic E-state index is -4.62. The Labute approximate surface area is 181 Å². The number of nitrogens with zero attached hydrogens (tertiary/aromatic N) is 1. The number of carboxylic acids is 1. The van der Waals surface area contributed by atoms with E-state index in [1.807, 2.05) is 0 Å². The molecule has 0 spiro atoms. The molecule has 168 valence electrons. The Kier molecular flexibility index (Phi) is 7.56. The number of hydrogen-bond acceptors (Lipinski definition) is 5. The second kappa shape index (κ2) is 9.57. The fourth-order valence-electron chi connectivity index (χ4n) is 2.33. The van der Waals surface area contributed by atoms with Gasteiger partial charge in [0.15, 0.2) is 0 Å². The summed E-state index contributed by atoms with van der Waals surface area (Å²) >= 11 is 5.92. The van der Waals surface area contributed by atoms with Crippen molar-refractivity contribution in [2.75, 3.05) is 6.61 Å². The molecular formula is C21H21ClF3NO5. The Morgan fingerprint density at radius 2 is 1.94 bits per heavy atom. The third-order valence-electron chi connectivity index (χ3n) is 3.90. The maximum Gasteiger partial charge on any atom is 0.417 e. The van der Waals surface area contributed by atoms with E-state index < -0.39 is 23.3 Å². The Hall–Kier alpha value is -2.78. The van der Waals surface area contributed by atoms with Gasteiger partial charge in [0.25, 0.3) is 0 Å². The van der Waals surface area contributed by atoms with E-state index in [1.165, 1.54) is 18.2 Å². The zero-order valence-corrected chi connectivity index (χ0v) is 17.7. The van der Waals surface area contributed by atoms with E-state index in [2.05, 4.69) is 4.98 Å². The summed E-state index contributed by atoms with van der Waals surface area (Å²) in [4.78, 5) is 15.0. The van der Waals surface area contributed by atoms with Crippen molar-refractivity contribution < 1.29 is 37.7 Å². The number of alkyl halides is 3. The molecule has 1 aromatic heterocycles. The molecule has 2 rings (SSSR count). The highest BCUT2D eigenvalue weighted by molar-refractivity contribution is 6.31. The largest absolute Gasteiger partial charge is 0.490 e. The van der Waals surface area contributed by atoms with Crippen LogP contribution in [0.4, 0.5) is 13.2 Å². The lowest BCUT2D eigenvalue weighted by Gasteiger charge is -2.19. The molecule has 10 heteroatoms. The average Bonchev–Trinajstić information content (AvgIpc) is 2.65. The number of halogens is 4. The molecule has 0 radical (unpaired) electrons. The molecule has 6 nitrogen and oxygen atoms in total. The molecule has 31 heavy (non-hydrogen) atoms. The number of rotatable bonds is 8. The van der Waals surface area contributed by atoms with E-state index in [0.29, 0.717) is 17.8 Å². The minimum absolute atomic E-state index is 0.0454. The number of carboxylic acid groups (broad SMARTS) is 1. The number of aromatic nitrogens is 1. The van der Waals surface area contributed by atoms with Crippen molar-refractivity contribution in [3.63, 3.8) is 0 Å².